The molecule has 0 bridgehead atoms. The van der Waals surface area contributed by atoms with Gasteiger partial charge in [-0.2, -0.15) is 5.10 Å². The Labute approximate surface area is 161 Å². The number of aromatic nitrogens is 3. The van der Waals surface area contributed by atoms with Gasteiger partial charge in [0.05, 0.1) is 12.2 Å². The van der Waals surface area contributed by atoms with E-state index < -0.39 is 0 Å². The van der Waals surface area contributed by atoms with Gasteiger partial charge >= 0.3 is 0 Å². The maximum Gasteiger partial charge on any atom is 0.204 e. The zero-order valence-corrected chi connectivity index (χ0v) is 16.3. The first-order valence-corrected chi connectivity index (χ1v) is 10.3. The number of pyridine rings is 1. The minimum atomic E-state index is 0.486. The summed E-state index contributed by atoms with van der Waals surface area (Å²) in [5.41, 5.74) is 3.30. The van der Waals surface area contributed by atoms with Crippen LogP contribution in [0.5, 0.6) is 0 Å². The molecule has 0 amide bonds. The van der Waals surface area contributed by atoms with Crippen molar-refractivity contribution in [3.05, 3.63) is 63.1 Å². The van der Waals surface area contributed by atoms with Crippen LogP contribution in [0.3, 0.4) is 0 Å². The van der Waals surface area contributed by atoms with Crippen LogP contribution in [0.25, 0.3) is 16.6 Å². The van der Waals surface area contributed by atoms with Gasteiger partial charge in [-0.05, 0) is 61.1 Å². The molecule has 4 aromatic rings. The molecule has 0 spiro atoms. The molecular formula is C20H20N4S2. The average molecular weight is 381 g/mol. The van der Waals surface area contributed by atoms with E-state index in [0.717, 1.165) is 29.1 Å². The highest BCUT2D eigenvalue weighted by molar-refractivity contribution is 7.71. The van der Waals surface area contributed by atoms with Gasteiger partial charge in [-0.1, -0.05) is 24.3 Å². The van der Waals surface area contributed by atoms with Gasteiger partial charge in [0.25, 0.3) is 0 Å². The number of likely N-dealkylation sites (tertiary alicyclic amines) is 1. The van der Waals surface area contributed by atoms with Crippen molar-refractivity contribution in [3.8, 4) is 0 Å². The van der Waals surface area contributed by atoms with Gasteiger partial charge < -0.3 is 0 Å². The molecule has 4 heterocycles. The fourth-order valence-corrected chi connectivity index (χ4v) is 5.27. The van der Waals surface area contributed by atoms with Gasteiger partial charge in [-0.15, -0.1) is 11.3 Å². The number of hydrogen-bond acceptors (Lipinski definition) is 4. The lowest BCUT2D eigenvalue weighted by molar-refractivity contribution is 0.192. The highest BCUT2D eigenvalue weighted by Crippen LogP contribution is 2.34. The summed E-state index contributed by atoms with van der Waals surface area (Å²) in [6.07, 6.45) is 2.44. The first-order valence-electron chi connectivity index (χ1n) is 8.98. The molecular weight excluding hydrogens is 360 g/mol. The molecule has 1 aliphatic heterocycles. The number of rotatable bonds is 3. The average Bonchev–Trinajstić information content (AvgIpc) is 3.37. The molecule has 0 saturated carbocycles. The molecule has 0 radical (unpaired) electrons. The molecule has 4 nitrogen and oxygen atoms in total. The number of benzene rings is 1. The van der Waals surface area contributed by atoms with Crippen molar-refractivity contribution in [2.45, 2.75) is 32.5 Å². The second kappa shape index (κ2) is 6.30. The second-order valence-corrected chi connectivity index (χ2v) is 8.29. The van der Waals surface area contributed by atoms with Gasteiger partial charge in [0.15, 0.2) is 5.65 Å². The van der Waals surface area contributed by atoms with Crippen molar-refractivity contribution >= 4 is 40.1 Å². The Kier molecular flexibility index (Phi) is 3.92. The summed E-state index contributed by atoms with van der Waals surface area (Å²) >= 11 is 7.66. The smallest absolute Gasteiger partial charge is 0.204 e. The third-order valence-electron chi connectivity index (χ3n) is 5.33. The summed E-state index contributed by atoms with van der Waals surface area (Å²) < 4.78 is 4.86. The highest BCUT2D eigenvalue weighted by atomic mass is 32.1. The van der Waals surface area contributed by atoms with E-state index in [4.69, 9.17) is 17.3 Å². The second-order valence-electron chi connectivity index (χ2n) is 6.95. The zero-order valence-electron chi connectivity index (χ0n) is 14.6. The molecule has 1 fully saturated rings. The Morgan fingerprint density at radius 3 is 2.96 bits per heavy atom. The van der Waals surface area contributed by atoms with Crippen molar-refractivity contribution in [2.75, 3.05) is 6.54 Å². The van der Waals surface area contributed by atoms with E-state index in [9.17, 15) is 0 Å². The monoisotopic (exact) mass is 380 g/mol. The number of thiophene rings is 1. The Morgan fingerprint density at radius 2 is 2.12 bits per heavy atom. The minimum absolute atomic E-state index is 0.486. The van der Waals surface area contributed by atoms with Gasteiger partial charge in [-0.25, -0.2) is 4.68 Å². The topological polar surface area (TPSA) is 25.5 Å². The molecule has 5 rings (SSSR count). The Morgan fingerprint density at radius 1 is 1.23 bits per heavy atom. The molecule has 6 heteroatoms. The first kappa shape index (κ1) is 16.2. The molecule has 0 N–H and O–H groups in total. The maximum atomic E-state index is 5.81. The Hall–Kier alpha value is -2.02. The number of para-hydroxylation sites is 1. The Bertz CT molecular complexity index is 1140. The molecule has 3 aromatic heterocycles. The predicted molar refractivity (Wildman–Crippen MR) is 109 cm³/mol. The van der Waals surface area contributed by atoms with Gasteiger partial charge in [0.1, 0.15) is 0 Å². The van der Waals surface area contributed by atoms with Gasteiger partial charge in [0, 0.05) is 22.8 Å². The van der Waals surface area contributed by atoms with Crippen molar-refractivity contribution in [3.63, 3.8) is 0 Å². The van der Waals surface area contributed by atoms with Crippen LogP contribution in [-0.4, -0.2) is 25.6 Å². The van der Waals surface area contributed by atoms with Crippen molar-refractivity contribution in [2.24, 2.45) is 0 Å². The van der Waals surface area contributed by atoms with E-state index in [1.54, 1.807) is 0 Å². The highest BCUT2D eigenvalue weighted by Gasteiger charge is 2.27. The standard InChI is InChI=1S/C20H20N4S2/c1-14-12-19-21-23(20(25)24(19)16-7-3-2-6-15(14)16)13-22-10-4-8-17(22)18-9-5-11-26-18/h2-3,5-7,9,11-12,17H,4,8,10,13H2,1H3. The molecule has 1 atom stereocenters. The fourth-order valence-electron chi connectivity index (χ4n) is 4.08. The maximum absolute atomic E-state index is 5.81. The van der Waals surface area contributed by atoms with Crippen LogP contribution in [0, 0.1) is 11.7 Å². The van der Waals surface area contributed by atoms with E-state index in [2.05, 4.69) is 64.1 Å². The lowest BCUT2D eigenvalue weighted by Crippen LogP contribution is -2.26. The predicted octanol–water partition coefficient (Wildman–Crippen LogP) is 5.18. The van der Waals surface area contributed by atoms with Crippen LogP contribution >= 0.6 is 23.6 Å². The van der Waals surface area contributed by atoms with Crippen LogP contribution < -0.4 is 0 Å². The number of fused-ring (bicyclic) bond motifs is 3. The normalized spacial score (nSPS) is 18.3. The number of aryl methyl sites for hydroxylation is 1. The molecule has 132 valence electrons. The third-order valence-corrected chi connectivity index (χ3v) is 6.70. The van der Waals surface area contributed by atoms with E-state index in [0.29, 0.717) is 6.04 Å². The van der Waals surface area contributed by atoms with Crippen LogP contribution in [0.2, 0.25) is 0 Å². The molecule has 1 aliphatic rings. The van der Waals surface area contributed by atoms with Crippen molar-refractivity contribution < 1.29 is 0 Å². The molecule has 1 unspecified atom stereocenters. The lowest BCUT2D eigenvalue weighted by atomic mass is 10.1. The van der Waals surface area contributed by atoms with E-state index in [1.807, 2.05) is 16.0 Å². The van der Waals surface area contributed by atoms with E-state index in [-0.39, 0.29) is 0 Å². The lowest BCUT2D eigenvalue weighted by Gasteiger charge is -2.23. The van der Waals surface area contributed by atoms with E-state index >= 15 is 0 Å². The number of hydrogen-bond donors (Lipinski definition) is 0. The van der Waals surface area contributed by atoms with Gasteiger partial charge in [-0.3, -0.25) is 9.30 Å². The molecule has 1 aromatic carbocycles. The van der Waals surface area contributed by atoms with Crippen LogP contribution in [-0.2, 0) is 6.67 Å². The minimum Gasteiger partial charge on any atom is -0.276 e. The van der Waals surface area contributed by atoms with Gasteiger partial charge in [0.2, 0.25) is 4.77 Å². The summed E-state index contributed by atoms with van der Waals surface area (Å²) in [6, 6.07) is 15.4. The summed E-state index contributed by atoms with van der Waals surface area (Å²) in [5.74, 6) is 0. The van der Waals surface area contributed by atoms with Crippen molar-refractivity contribution in [1.29, 1.82) is 0 Å². The largest absolute Gasteiger partial charge is 0.276 e. The Balaban J connectivity index is 1.59. The summed E-state index contributed by atoms with van der Waals surface area (Å²) in [4.78, 5) is 3.95. The fraction of sp³-hybridized carbons (Fsp3) is 0.300. The zero-order chi connectivity index (χ0) is 17.7. The summed E-state index contributed by atoms with van der Waals surface area (Å²) in [7, 11) is 0. The summed E-state index contributed by atoms with van der Waals surface area (Å²) in [6.45, 7) is 3.98. The SMILES string of the molecule is Cc1cc2nn(CN3CCCC3c3cccs3)c(=S)n2c2ccccc12. The molecule has 26 heavy (non-hydrogen) atoms. The summed E-state index contributed by atoms with van der Waals surface area (Å²) in [5, 5.41) is 8.23. The molecule has 1 saturated heterocycles. The quantitative estimate of drug-likeness (QED) is 0.458. The molecule has 0 aliphatic carbocycles. The van der Waals surface area contributed by atoms with E-state index in [1.165, 1.54) is 28.7 Å². The third kappa shape index (κ3) is 2.52. The van der Waals surface area contributed by atoms with Crippen LogP contribution in [0.4, 0.5) is 0 Å². The first-order chi connectivity index (χ1) is 12.7. The van der Waals surface area contributed by atoms with Crippen molar-refractivity contribution in [1.82, 2.24) is 19.1 Å². The van der Waals surface area contributed by atoms with Crippen LogP contribution in [0.15, 0.2) is 47.8 Å². The van der Waals surface area contributed by atoms with Crippen LogP contribution in [0.1, 0.15) is 29.3 Å². The number of nitrogens with zero attached hydrogens (tertiary/aromatic N) is 4.